The molecule has 0 radical (unpaired) electrons. The Bertz CT molecular complexity index is 1400. The molecule has 2 aromatic rings. The van der Waals surface area contributed by atoms with E-state index in [0.29, 0.717) is 36.7 Å². The number of imide groups is 2. The van der Waals surface area contributed by atoms with Crippen LogP contribution >= 0.6 is 0 Å². The fourth-order valence-corrected chi connectivity index (χ4v) is 6.50. The summed E-state index contributed by atoms with van der Waals surface area (Å²) >= 11 is 0. The van der Waals surface area contributed by atoms with E-state index in [2.05, 4.69) is 15.1 Å². The predicted molar refractivity (Wildman–Crippen MR) is 157 cm³/mol. The highest BCUT2D eigenvalue weighted by molar-refractivity contribution is 6.23. The van der Waals surface area contributed by atoms with Gasteiger partial charge in [-0.15, -0.1) is 0 Å². The summed E-state index contributed by atoms with van der Waals surface area (Å²) in [5, 5.41) is 2.23. The van der Waals surface area contributed by atoms with Crippen LogP contribution in [-0.4, -0.2) is 103 Å². The van der Waals surface area contributed by atoms with Crippen molar-refractivity contribution in [3.05, 3.63) is 65.2 Å². The zero-order chi connectivity index (χ0) is 29.9. The Balaban J connectivity index is 0.953. The van der Waals surface area contributed by atoms with Gasteiger partial charge in [-0.3, -0.25) is 39.1 Å². The maximum Gasteiger partial charge on any atom is 0.262 e. The van der Waals surface area contributed by atoms with E-state index in [4.69, 9.17) is 4.74 Å². The molecule has 0 bridgehead atoms. The van der Waals surface area contributed by atoms with Crippen LogP contribution < -0.4 is 10.2 Å². The monoisotopic (exact) mass is 587 g/mol. The lowest BCUT2D eigenvalue weighted by atomic mass is 9.95. The summed E-state index contributed by atoms with van der Waals surface area (Å²) < 4.78 is 5.63. The molecule has 3 fully saturated rings. The average Bonchev–Trinajstić information content (AvgIpc) is 3.27. The summed E-state index contributed by atoms with van der Waals surface area (Å²) in [5.74, 6) is -1.37. The molecule has 5 amide bonds. The Labute approximate surface area is 250 Å². The maximum atomic E-state index is 13.2. The number of carbonyl (C=O) groups is 5. The van der Waals surface area contributed by atoms with Gasteiger partial charge in [-0.05, 0) is 48.9 Å². The third kappa shape index (κ3) is 6.33. The number of fused-ring (bicyclic) bond motifs is 1. The van der Waals surface area contributed by atoms with Crippen molar-refractivity contribution >= 4 is 35.2 Å². The third-order valence-corrected chi connectivity index (χ3v) is 8.98. The van der Waals surface area contributed by atoms with Crippen LogP contribution in [0.15, 0.2) is 48.5 Å². The van der Waals surface area contributed by atoms with E-state index in [9.17, 15) is 24.0 Å². The van der Waals surface area contributed by atoms with Gasteiger partial charge in [0.25, 0.3) is 11.8 Å². The second-order valence-electron chi connectivity index (χ2n) is 11.8. The minimum Gasteiger partial charge on any atom is -0.371 e. The summed E-state index contributed by atoms with van der Waals surface area (Å²) in [7, 11) is 0. The number of carbonyl (C=O) groups excluding carboxylic acids is 5. The molecule has 0 aliphatic carbocycles. The lowest BCUT2D eigenvalue weighted by Crippen LogP contribution is -2.54. The molecule has 4 heterocycles. The molecule has 3 saturated heterocycles. The lowest BCUT2D eigenvalue weighted by Gasteiger charge is -2.39. The molecule has 2 aromatic carbocycles. The summed E-state index contributed by atoms with van der Waals surface area (Å²) in [4.78, 5) is 70.3. The van der Waals surface area contributed by atoms with Crippen LogP contribution in [0.1, 0.15) is 52.0 Å². The summed E-state index contributed by atoms with van der Waals surface area (Å²) in [6, 6.07) is 14.2. The largest absolute Gasteiger partial charge is 0.371 e. The van der Waals surface area contributed by atoms with Crippen LogP contribution in [0.3, 0.4) is 0 Å². The van der Waals surface area contributed by atoms with Gasteiger partial charge >= 0.3 is 0 Å². The van der Waals surface area contributed by atoms with E-state index >= 15 is 0 Å². The van der Waals surface area contributed by atoms with Crippen molar-refractivity contribution in [3.8, 4) is 0 Å². The van der Waals surface area contributed by atoms with Crippen molar-refractivity contribution in [2.75, 3.05) is 57.3 Å². The Morgan fingerprint density at radius 3 is 2.28 bits per heavy atom. The molecule has 226 valence electrons. The van der Waals surface area contributed by atoms with Gasteiger partial charge in [-0.1, -0.05) is 30.3 Å². The number of ether oxygens (including phenoxy) is 1. The molecular weight excluding hydrogens is 550 g/mol. The minimum atomic E-state index is -0.961. The van der Waals surface area contributed by atoms with Gasteiger partial charge in [0.2, 0.25) is 17.7 Å². The molecular formula is C32H37N5O6. The zero-order valence-corrected chi connectivity index (χ0v) is 24.2. The molecule has 11 heteroatoms. The quantitative estimate of drug-likeness (QED) is 0.464. The molecule has 43 heavy (non-hydrogen) atoms. The van der Waals surface area contributed by atoms with Gasteiger partial charge in [-0.2, -0.15) is 0 Å². The van der Waals surface area contributed by atoms with Gasteiger partial charge in [0, 0.05) is 57.9 Å². The number of hydrogen-bond donors (Lipinski definition) is 1. The number of nitrogens with one attached hydrogen (secondary N) is 1. The second-order valence-corrected chi connectivity index (χ2v) is 11.8. The number of piperazine rings is 1. The normalized spacial score (nSPS) is 21.8. The van der Waals surface area contributed by atoms with Crippen LogP contribution in [0.2, 0.25) is 0 Å². The van der Waals surface area contributed by atoms with E-state index in [1.165, 1.54) is 0 Å². The van der Waals surface area contributed by atoms with E-state index in [1.807, 2.05) is 41.3 Å². The standard InChI is InChI=1S/C32H37N5O6/c38-28-9-8-27(30(40)33-28)37-31(41)25-7-6-24(18-26(25)32(37)42)35-12-10-22(11-13-35)19-34-14-16-36(17-15-34)29(39)21-43-20-23-4-2-1-3-5-23/h1-7,18,22,27H,8-17,19-21H2,(H,33,38,40). The molecule has 4 aliphatic rings. The van der Waals surface area contributed by atoms with Gasteiger partial charge in [-0.25, -0.2) is 0 Å². The SMILES string of the molecule is O=C1CCC(N2C(=O)c3ccc(N4CCC(CN5CCN(C(=O)COCc6ccccc6)CC5)CC4)cc3C2=O)C(=O)N1. The van der Waals surface area contributed by atoms with E-state index in [-0.39, 0.29) is 31.3 Å². The molecule has 11 nitrogen and oxygen atoms in total. The van der Waals surface area contributed by atoms with Crippen LogP contribution in [0, 0.1) is 5.92 Å². The lowest BCUT2D eigenvalue weighted by molar-refractivity contribution is -0.138. The summed E-state index contributed by atoms with van der Waals surface area (Å²) in [6.45, 7) is 6.37. The average molecular weight is 588 g/mol. The van der Waals surface area contributed by atoms with Crippen molar-refractivity contribution in [2.24, 2.45) is 5.92 Å². The Morgan fingerprint density at radius 2 is 1.56 bits per heavy atom. The molecule has 1 unspecified atom stereocenters. The Kier molecular flexibility index (Phi) is 8.53. The van der Waals surface area contributed by atoms with E-state index in [0.717, 1.165) is 61.7 Å². The van der Waals surface area contributed by atoms with Crippen molar-refractivity contribution in [1.29, 1.82) is 0 Å². The second kappa shape index (κ2) is 12.6. The highest BCUT2D eigenvalue weighted by Gasteiger charge is 2.44. The maximum absolute atomic E-state index is 13.2. The number of piperidine rings is 2. The Hall–Kier alpha value is -4.09. The number of hydrogen-bond acceptors (Lipinski definition) is 8. The molecule has 6 rings (SSSR count). The summed E-state index contributed by atoms with van der Waals surface area (Å²) in [6.07, 6.45) is 2.27. The smallest absolute Gasteiger partial charge is 0.262 e. The van der Waals surface area contributed by atoms with Crippen molar-refractivity contribution < 1.29 is 28.7 Å². The van der Waals surface area contributed by atoms with Gasteiger partial charge in [0.05, 0.1) is 17.7 Å². The number of benzene rings is 2. The fraction of sp³-hybridized carbons (Fsp3) is 0.469. The van der Waals surface area contributed by atoms with Gasteiger partial charge < -0.3 is 14.5 Å². The van der Waals surface area contributed by atoms with Crippen LogP contribution in [0.25, 0.3) is 0 Å². The van der Waals surface area contributed by atoms with Crippen molar-refractivity contribution in [2.45, 2.75) is 38.3 Å². The van der Waals surface area contributed by atoms with Crippen LogP contribution in [0.4, 0.5) is 5.69 Å². The molecule has 1 atom stereocenters. The molecule has 4 aliphatic heterocycles. The number of nitrogens with zero attached hydrogens (tertiary/aromatic N) is 4. The predicted octanol–water partition coefficient (Wildman–Crippen LogP) is 1.67. The molecule has 0 aromatic heterocycles. The Morgan fingerprint density at radius 1 is 0.837 bits per heavy atom. The van der Waals surface area contributed by atoms with Gasteiger partial charge in [0.1, 0.15) is 12.6 Å². The topological polar surface area (TPSA) is 120 Å². The van der Waals surface area contributed by atoms with Crippen molar-refractivity contribution in [3.63, 3.8) is 0 Å². The first-order chi connectivity index (χ1) is 20.9. The highest BCUT2D eigenvalue weighted by Crippen LogP contribution is 2.32. The number of anilines is 1. The highest BCUT2D eigenvalue weighted by atomic mass is 16.5. The van der Waals surface area contributed by atoms with Crippen LogP contribution in [0.5, 0.6) is 0 Å². The molecule has 1 N–H and O–H groups in total. The number of amides is 5. The summed E-state index contributed by atoms with van der Waals surface area (Å²) in [5.41, 5.74) is 2.56. The first kappa shape index (κ1) is 29.0. The van der Waals surface area contributed by atoms with Gasteiger partial charge in [0.15, 0.2) is 0 Å². The van der Waals surface area contributed by atoms with E-state index in [1.54, 1.807) is 12.1 Å². The fourth-order valence-electron chi connectivity index (χ4n) is 6.50. The van der Waals surface area contributed by atoms with Crippen molar-refractivity contribution in [1.82, 2.24) is 20.0 Å². The first-order valence-electron chi connectivity index (χ1n) is 15.1. The van der Waals surface area contributed by atoms with Crippen LogP contribution in [-0.2, 0) is 25.7 Å². The van der Waals surface area contributed by atoms with E-state index < -0.39 is 23.8 Å². The molecule has 0 spiro atoms. The number of rotatable bonds is 8. The zero-order valence-electron chi connectivity index (χ0n) is 24.2. The minimum absolute atomic E-state index is 0.0404. The third-order valence-electron chi connectivity index (χ3n) is 8.98. The molecule has 0 saturated carbocycles. The first-order valence-corrected chi connectivity index (χ1v) is 15.1.